The highest BCUT2D eigenvalue weighted by molar-refractivity contribution is 7.12. The smallest absolute Gasteiger partial charge is 0.230 e. The number of rotatable bonds is 9. The zero-order valence-corrected chi connectivity index (χ0v) is 18.3. The van der Waals surface area contributed by atoms with Crippen molar-refractivity contribution in [2.75, 3.05) is 11.9 Å². The summed E-state index contributed by atoms with van der Waals surface area (Å²) in [6.45, 7) is 8.79. The number of ether oxygens (including phenoxy) is 1. The lowest BCUT2D eigenvalue weighted by Gasteiger charge is -2.10. The van der Waals surface area contributed by atoms with Gasteiger partial charge in [-0.05, 0) is 51.3 Å². The number of thiazole rings is 1. The first-order valence-electron chi connectivity index (χ1n) is 10.0. The van der Waals surface area contributed by atoms with Gasteiger partial charge in [-0.25, -0.2) is 9.67 Å². The normalized spacial score (nSPS) is 10.9. The molecule has 1 aromatic carbocycles. The predicted molar refractivity (Wildman–Crippen MR) is 117 cm³/mol. The van der Waals surface area contributed by atoms with Crippen LogP contribution in [0.4, 0.5) is 5.69 Å². The second kappa shape index (κ2) is 9.69. The monoisotopic (exact) mass is 412 g/mol. The van der Waals surface area contributed by atoms with E-state index in [-0.39, 0.29) is 12.3 Å². The predicted octanol–water partition coefficient (Wildman–Crippen LogP) is 4.87. The summed E-state index contributed by atoms with van der Waals surface area (Å²) in [7, 11) is 0. The van der Waals surface area contributed by atoms with Crippen molar-refractivity contribution >= 4 is 22.9 Å². The third kappa shape index (κ3) is 5.03. The summed E-state index contributed by atoms with van der Waals surface area (Å²) in [6.07, 6.45) is 3.56. The van der Waals surface area contributed by atoms with Gasteiger partial charge in [0.25, 0.3) is 0 Å². The maximum atomic E-state index is 12.5. The van der Waals surface area contributed by atoms with E-state index in [1.54, 1.807) is 0 Å². The molecule has 0 unspecified atom stereocenters. The van der Waals surface area contributed by atoms with E-state index in [2.05, 4.69) is 29.2 Å². The van der Waals surface area contributed by atoms with Crippen LogP contribution in [0, 0.1) is 13.8 Å². The molecule has 7 heteroatoms. The molecule has 2 heterocycles. The van der Waals surface area contributed by atoms with Crippen LogP contribution in [0.3, 0.4) is 0 Å². The average molecular weight is 413 g/mol. The Morgan fingerprint density at radius 3 is 2.79 bits per heavy atom. The van der Waals surface area contributed by atoms with E-state index >= 15 is 0 Å². The molecule has 3 rings (SSSR count). The quantitative estimate of drug-likeness (QED) is 0.544. The molecule has 1 amide bonds. The maximum absolute atomic E-state index is 12.5. The van der Waals surface area contributed by atoms with Gasteiger partial charge in [0.15, 0.2) is 0 Å². The summed E-state index contributed by atoms with van der Waals surface area (Å²) in [5, 5.41) is 10.3. The highest BCUT2D eigenvalue weighted by atomic mass is 32.1. The molecule has 0 radical (unpaired) electrons. The molecule has 2 aromatic heterocycles. The summed E-state index contributed by atoms with van der Waals surface area (Å²) in [4.78, 5) is 17.1. The van der Waals surface area contributed by atoms with Crippen molar-refractivity contribution < 1.29 is 9.53 Å². The Kier molecular flexibility index (Phi) is 7.04. The Balaban J connectivity index is 1.70. The Labute approximate surface area is 175 Å². The van der Waals surface area contributed by atoms with E-state index in [4.69, 9.17) is 4.74 Å². The lowest BCUT2D eigenvalue weighted by atomic mass is 10.1. The zero-order chi connectivity index (χ0) is 20.8. The van der Waals surface area contributed by atoms with Crippen LogP contribution in [0.25, 0.3) is 5.13 Å². The number of carbonyl (C=O) groups excluding carboxylic acids is 1. The first-order chi connectivity index (χ1) is 14.0. The number of benzene rings is 1. The first-order valence-corrected chi connectivity index (χ1v) is 10.9. The van der Waals surface area contributed by atoms with Crippen LogP contribution in [0.5, 0.6) is 5.75 Å². The Morgan fingerprint density at radius 1 is 1.24 bits per heavy atom. The maximum Gasteiger partial charge on any atom is 0.230 e. The minimum absolute atomic E-state index is 0.119. The standard InChI is InChI=1S/C22H28N4O2S/c1-5-7-10-18-15(3)25-26(16(18)4)22-23-17(14-29-22)13-21(27)24-19-11-8-9-12-20(19)28-6-2/h8-9,11-12,14H,5-7,10,13H2,1-4H3,(H,24,27). The fraction of sp³-hybridized carbons (Fsp3) is 0.409. The number of aromatic nitrogens is 3. The van der Waals surface area contributed by atoms with Crippen LogP contribution in [0.1, 0.15) is 49.3 Å². The van der Waals surface area contributed by atoms with Crippen LogP contribution in [-0.2, 0) is 17.6 Å². The number of hydrogen-bond donors (Lipinski definition) is 1. The summed E-state index contributed by atoms with van der Waals surface area (Å²) in [6, 6.07) is 7.44. The molecular formula is C22H28N4O2S. The second-order valence-corrected chi connectivity index (χ2v) is 7.78. The highest BCUT2D eigenvalue weighted by Crippen LogP contribution is 2.25. The molecule has 3 aromatic rings. The highest BCUT2D eigenvalue weighted by Gasteiger charge is 2.16. The van der Waals surface area contributed by atoms with Crippen molar-refractivity contribution in [3.8, 4) is 10.9 Å². The molecule has 0 saturated heterocycles. The molecule has 29 heavy (non-hydrogen) atoms. The Hall–Kier alpha value is -2.67. The van der Waals surface area contributed by atoms with Gasteiger partial charge in [0.05, 0.1) is 30.1 Å². The van der Waals surface area contributed by atoms with E-state index in [0.29, 0.717) is 18.0 Å². The van der Waals surface area contributed by atoms with E-state index in [0.717, 1.165) is 41.5 Å². The van der Waals surface area contributed by atoms with Gasteiger partial charge in [0.1, 0.15) is 5.75 Å². The summed E-state index contributed by atoms with van der Waals surface area (Å²) >= 11 is 1.51. The number of carbonyl (C=O) groups is 1. The molecule has 1 N–H and O–H groups in total. The molecule has 0 aliphatic carbocycles. The molecule has 0 bridgehead atoms. The molecule has 6 nitrogen and oxygen atoms in total. The largest absolute Gasteiger partial charge is 0.492 e. The SMILES string of the molecule is CCCCc1c(C)nn(-c2nc(CC(=O)Nc3ccccc3OCC)cs2)c1C. The molecule has 154 valence electrons. The van der Waals surface area contributed by atoms with E-state index < -0.39 is 0 Å². The lowest BCUT2D eigenvalue weighted by molar-refractivity contribution is -0.115. The van der Waals surface area contributed by atoms with Crippen LogP contribution in [0.15, 0.2) is 29.6 Å². The fourth-order valence-electron chi connectivity index (χ4n) is 3.26. The number of hydrogen-bond acceptors (Lipinski definition) is 5. The third-order valence-electron chi connectivity index (χ3n) is 4.74. The lowest BCUT2D eigenvalue weighted by Crippen LogP contribution is -2.15. The number of para-hydroxylation sites is 2. The number of amides is 1. The van der Waals surface area contributed by atoms with E-state index in [9.17, 15) is 4.79 Å². The number of aryl methyl sites for hydroxylation is 1. The van der Waals surface area contributed by atoms with Crippen molar-refractivity contribution in [1.82, 2.24) is 14.8 Å². The van der Waals surface area contributed by atoms with E-state index in [1.807, 2.05) is 48.2 Å². The third-order valence-corrected chi connectivity index (χ3v) is 5.61. The molecule has 0 aliphatic heterocycles. The number of nitrogens with one attached hydrogen (secondary N) is 1. The molecule has 0 aliphatic rings. The number of nitrogens with zero attached hydrogens (tertiary/aromatic N) is 3. The number of anilines is 1. The minimum atomic E-state index is -0.119. The summed E-state index contributed by atoms with van der Waals surface area (Å²) < 4.78 is 7.46. The van der Waals surface area contributed by atoms with Crippen molar-refractivity contribution in [2.24, 2.45) is 0 Å². The average Bonchev–Trinajstić information content (AvgIpc) is 3.26. The Bertz CT molecular complexity index is 977. The van der Waals surface area contributed by atoms with Gasteiger partial charge in [-0.1, -0.05) is 25.5 Å². The summed E-state index contributed by atoms with van der Waals surface area (Å²) in [5.41, 5.74) is 4.90. The van der Waals surface area contributed by atoms with Gasteiger partial charge < -0.3 is 10.1 Å². The van der Waals surface area contributed by atoms with Crippen LogP contribution < -0.4 is 10.1 Å². The Morgan fingerprint density at radius 2 is 2.03 bits per heavy atom. The van der Waals surface area contributed by atoms with Gasteiger partial charge in [-0.3, -0.25) is 4.79 Å². The second-order valence-electron chi connectivity index (χ2n) is 6.94. The minimum Gasteiger partial charge on any atom is -0.492 e. The molecule has 0 atom stereocenters. The fourth-order valence-corrected chi connectivity index (χ4v) is 4.09. The molecule has 0 spiro atoms. The van der Waals surface area contributed by atoms with Crippen molar-refractivity contribution in [2.45, 2.75) is 53.4 Å². The van der Waals surface area contributed by atoms with Crippen molar-refractivity contribution in [1.29, 1.82) is 0 Å². The van der Waals surface area contributed by atoms with Crippen LogP contribution in [-0.4, -0.2) is 27.3 Å². The summed E-state index contributed by atoms with van der Waals surface area (Å²) in [5.74, 6) is 0.551. The molecule has 0 fully saturated rings. The molecule has 0 saturated carbocycles. The van der Waals surface area contributed by atoms with Crippen molar-refractivity contribution in [3.63, 3.8) is 0 Å². The topological polar surface area (TPSA) is 69.0 Å². The van der Waals surface area contributed by atoms with E-state index in [1.165, 1.54) is 16.9 Å². The van der Waals surface area contributed by atoms with Crippen molar-refractivity contribution in [3.05, 3.63) is 52.3 Å². The van der Waals surface area contributed by atoms with Gasteiger partial charge in [0, 0.05) is 11.1 Å². The van der Waals surface area contributed by atoms with Gasteiger partial charge >= 0.3 is 0 Å². The van der Waals surface area contributed by atoms with Gasteiger partial charge in [-0.15, -0.1) is 11.3 Å². The zero-order valence-electron chi connectivity index (χ0n) is 17.5. The molecular weight excluding hydrogens is 384 g/mol. The number of unbranched alkanes of at least 4 members (excludes halogenated alkanes) is 1. The van der Waals surface area contributed by atoms with Gasteiger partial charge in [0.2, 0.25) is 11.0 Å². The van der Waals surface area contributed by atoms with Crippen LogP contribution >= 0.6 is 11.3 Å². The van der Waals surface area contributed by atoms with Gasteiger partial charge in [-0.2, -0.15) is 5.10 Å². The van der Waals surface area contributed by atoms with Crippen LogP contribution in [0.2, 0.25) is 0 Å². The first kappa shape index (κ1) is 21.0.